The van der Waals surface area contributed by atoms with Crippen LogP contribution in [0.5, 0.6) is 0 Å². The van der Waals surface area contributed by atoms with Crippen LogP contribution in [0.2, 0.25) is 0 Å². The van der Waals surface area contributed by atoms with Gasteiger partial charge in [0.05, 0.1) is 30.1 Å². The number of β-amino-alcohol motifs (C(OH)–C–C–N with tert-alkyl or cyclic N) is 1. The zero-order chi connectivity index (χ0) is 26.1. The van der Waals surface area contributed by atoms with E-state index in [0.717, 1.165) is 5.56 Å². The molecule has 0 bridgehead atoms. The number of benzene rings is 2. The number of alkyl halides is 6. The number of hydrogen-bond acceptors (Lipinski definition) is 4. The number of likely N-dealkylation sites (tertiary alicyclic amines) is 1. The Balaban J connectivity index is 1.56. The molecule has 4 rings (SSSR count). The van der Waals surface area contributed by atoms with Crippen LogP contribution in [0, 0.1) is 0 Å². The van der Waals surface area contributed by atoms with E-state index in [0.29, 0.717) is 38.1 Å². The SMILES string of the molecule is O=C(c1cc(C(F)(F)F)cc(C(F)(F)F)c1)N1CCC2(CC1)OCN(CCO)CC2c1ccccc1. The molecule has 2 aliphatic rings. The average Bonchev–Trinajstić information content (AvgIpc) is 2.85. The van der Waals surface area contributed by atoms with Gasteiger partial charge in [-0.1, -0.05) is 30.3 Å². The summed E-state index contributed by atoms with van der Waals surface area (Å²) in [7, 11) is 0. The van der Waals surface area contributed by atoms with Gasteiger partial charge < -0.3 is 14.7 Å². The summed E-state index contributed by atoms with van der Waals surface area (Å²) >= 11 is 0. The molecule has 0 radical (unpaired) electrons. The summed E-state index contributed by atoms with van der Waals surface area (Å²) in [5.41, 5.74) is -3.30. The zero-order valence-electron chi connectivity index (χ0n) is 19.3. The van der Waals surface area contributed by atoms with E-state index in [-0.39, 0.29) is 38.4 Å². The second-order valence-corrected chi connectivity index (χ2v) is 9.19. The number of carbonyl (C=O) groups is 1. The third-order valence-corrected chi connectivity index (χ3v) is 6.96. The number of hydrogen-bond donors (Lipinski definition) is 1. The summed E-state index contributed by atoms with van der Waals surface area (Å²) < 4.78 is 85.7. The van der Waals surface area contributed by atoms with Crippen molar-refractivity contribution in [1.82, 2.24) is 9.80 Å². The maximum Gasteiger partial charge on any atom is 0.416 e. The van der Waals surface area contributed by atoms with Gasteiger partial charge in [0.25, 0.3) is 5.91 Å². The van der Waals surface area contributed by atoms with Gasteiger partial charge in [0.2, 0.25) is 0 Å². The van der Waals surface area contributed by atoms with Crippen LogP contribution in [0.1, 0.15) is 45.8 Å². The lowest BCUT2D eigenvalue weighted by atomic mass is 9.74. The minimum atomic E-state index is -5.03. The number of piperidine rings is 1. The molecule has 11 heteroatoms. The fraction of sp³-hybridized carbons (Fsp3) is 0.480. The molecule has 2 aromatic rings. The van der Waals surface area contributed by atoms with E-state index >= 15 is 0 Å². The van der Waals surface area contributed by atoms with Gasteiger partial charge in [-0.15, -0.1) is 0 Å². The summed E-state index contributed by atoms with van der Waals surface area (Å²) in [4.78, 5) is 16.3. The second-order valence-electron chi connectivity index (χ2n) is 9.19. The zero-order valence-corrected chi connectivity index (χ0v) is 19.3. The molecule has 196 valence electrons. The molecule has 1 unspecified atom stereocenters. The third kappa shape index (κ3) is 5.52. The quantitative estimate of drug-likeness (QED) is 0.596. The molecule has 2 heterocycles. The molecule has 1 amide bonds. The molecule has 0 aliphatic carbocycles. The van der Waals surface area contributed by atoms with Crippen LogP contribution in [-0.2, 0) is 17.1 Å². The van der Waals surface area contributed by atoms with E-state index in [1.807, 2.05) is 35.2 Å². The number of aliphatic hydroxyl groups excluding tert-OH is 1. The highest BCUT2D eigenvalue weighted by atomic mass is 19.4. The largest absolute Gasteiger partial charge is 0.416 e. The third-order valence-electron chi connectivity index (χ3n) is 6.96. The van der Waals surface area contributed by atoms with Gasteiger partial charge >= 0.3 is 12.4 Å². The normalized spacial score (nSPS) is 21.1. The topological polar surface area (TPSA) is 53.0 Å². The number of rotatable bonds is 4. The van der Waals surface area contributed by atoms with Crippen LogP contribution >= 0.6 is 0 Å². The lowest BCUT2D eigenvalue weighted by molar-refractivity contribution is -0.172. The van der Waals surface area contributed by atoms with Crippen LogP contribution in [0.25, 0.3) is 0 Å². The van der Waals surface area contributed by atoms with Gasteiger partial charge in [-0.3, -0.25) is 9.69 Å². The van der Waals surface area contributed by atoms with Gasteiger partial charge in [-0.05, 0) is 36.6 Å². The van der Waals surface area contributed by atoms with Crippen molar-refractivity contribution in [3.05, 3.63) is 70.8 Å². The molecular weight excluding hydrogens is 490 g/mol. The van der Waals surface area contributed by atoms with Crippen molar-refractivity contribution < 1.29 is 41.0 Å². The van der Waals surface area contributed by atoms with Gasteiger partial charge in [0.15, 0.2) is 0 Å². The molecule has 2 aromatic carbocycles. The van der Waals surface area contributed by atoms with E-state index in [4.69, 9.17) is 4.74 Å². The molecule has 0 saturated carbocycles. The predicted octanol–water partition coefficient (Wildman–Crippen LogP) is 4.76. The number of halogens is 6. The highest BCUT2D eigenvalue weighted by Gasteiger charge is 2.47. The summed E-state index contributed by atoms with van der Waals surface area (Å²) in [6.07, 6.45) is -9.31. The summed E-state index contributed by atoms with van der Waals surface area (Å²) in [6.45, 7) is 1.54. The second kappa shape index (κ2) is 10.0. The molecular formula is C25H26F6N2O3. The molecule has 36 heavy (non-hydrogen) atoms. The fourth-order valence-electron chi connectivity index (χ4n) is 5.03. The Morgan fingerprint density at radius 3 is 2.08 bits per heavy atom. The van der Waals surface area contributed by atoms with Gasteiger partial charge in [-0.2, -0.15) is 26.3 Å². The van der Waals surface area contributed by atoms with E-state index in [9.17, 15) is 36.2 Å². The highest BCUT2D eigenvalue weighted by molar-refractivity contribution is 5.94. The van der Waals surface area contributed by atoms with E-state index in [2.05, 4.69) is 0 Å². The Bertz CT molecular complexity index is 1030. The minimum Gasteiger partial charge on any atom is -0.395 e. The van der Waals surface area contributed by atoms with Gasteiger partial charge in [-0.25, -0.2) is 0 Å². The van der Waals surface area contributed by atoms with Crippen LogP contribution in [0.4, 0.5) is 26.3 Å². The van der Waals surface area contributed by atoms with Gasteiger partial charge in [0, 0.05) is 37.7 Å². The predicted molar refractivity (Wildman–Crippen MR) is 118 cm³/mol. The summed E-state index contributed by atoms with van der Waals surface area (Å²) in [6, 6.07) is 10.6. The number of carbonyl (C=O) groups excluding carboxylic acids is 1. The monoisotopic (exact) mass is 516 g/mol. The van der Waals surface area contributed by atoms with Crippen LogP contribution < -0.4 is 0 Å². The molecule has 0 aromatic heterocycles. The Hall–Kier alpha value is -2.63. The lowest BCUT2D eigenvalue weighted by Gasteiger charge is -2.51. The summed E-state index contributed by atoms with van der Waals surface area (Å²) in [5, 5.41) is 9.34. The molecule has 2 saturated heterocycles. The van der Waals surface area contributed by atoms with Crippen molar-refractivity contribution in [3.8, 4) is 0 Å². The van der Waals surface area contributed by atoms with Crippen molar-refractivity contribution in [3.63, 3.8) is 0 Å². The van der Waals surface area contributed by atoms with Crippen molar-refractivity contribution in [2.45, 2.75) is 36.7 Å². The van der Waals surface area contributed by atoms with E-state index < -0.39 is 40.6 Å². The Labute approximate surface area is 204 Å². The average molecular weight is 516 g/mol. The van der Waals surface area contributed by atoms with E-state index in [1.165, 1.54) is 4.90 Å². The Morgan fingerprint density at radius 2 is 1.56 bits per heavy atom. The van der Waals surface area contributed by atoms with Crippen molar-refractivity contribution in [2.24, 2.45) is 0 Å². The first-order chi connectivity index (χ1) is 16.9. The highest BCUT2D eigenvalue weighted by Crippen LogP contribution is 2.43. The number of amides is 1. The summed E-state index contributed by atoms with van der Waals surface area (Å²) in [5.74, 6) is -0.961. The first-order valence-electron chi connectivity index (χ1n) is 11.5. The Morgan fingerprint density at radius 1 is 0.972 bits per heavy atom. The smallest absolute Gasteiger partial charge is 0.395 e. The first kappa shape index (κ1) is 26.4. The molecule has 1 N–H and O–H groups in total. The standard InChI is InChI=1S/C25H26F6N2O3/c26-24(27,28)19-12-18(13-20(14-19)25(29,30)31)22(35)33-8-6-23(7-9-33)21(17-4-2-1-3-5-17)15-32(10-11-34)16-36-23/h1-5,12-14,21,34H,6-11,15-16H2. The number of aliphatic hydroxyl groups is 1. The van der Waals surface area contributed by atoms with Crippen molar-refractivity contribution in [2.75, 3.05) is 39.5 Å². The van der Waals surface area contributed by atoms with Crippen molar-refractivity contribution >= 4 is 5.91 Å². The Kier molecular flexibility index (Phi) is 7.36. The maximum atomic E-state index is 13.2. The minimum absolute atomic E-state index is 0.0143. The molecule has 2 fully saturated rings. The molecule has 5 nitrogen and oxygen atoms in total. The fourth-order valence-corrected chi connectivity index (χ4v) is 5.03. The van der Waals surface area contributed by atoms with E-state index in [1.54, 1.807) is 0 Å². The molecule has 2 aliphatic heterocycles. The van der Waals surface area contributed by atoms with Crippen LogP contribution in [0.15, 0.2) is 48.5 Å². The molecule has 1 atom stereocenters. The lowest BCUT2D eigenvalue weighted by Crippen LogP contribution is -2.58. The molecule has 1 spiro atoms. The number of nitrogens with zero attached hydrogens (tertiary/aromatic N) is 2. The maximum absolute atomic E-state index is 13.2. The van der Waals surface area contributed by atoms with Crippen molar-refractivity contribution in [1.29, 1.82) is 0 Å². The first-order valence-corrected chi connectivity index (χ1v) is 11.5. The van der Waals surface area contributed by atoms with Crippen LogP contribution in [-0.4, -0.2) is 65.9 Å². The van der Waals surface area contributed by atoms with Crippen LogP contribution in [0.3, 0.4) is 0 Å². The number of ether oxygens (including phenoxy) is 1. The van der Waals surface area contributed by atoms with Gasteiger partial charge in [0.1, 0.15) is 0 Å².